The molecule has 2 aliphatic heterocycles. The molecule has 3 heterocycles. The number of carbonyl (C=O) groups is 1. The number of anilines is 2. The highest BCUT2D eigenvalue weighted by Crippen LogP contribution is 2.38. The van der Waals surface area contributed by atoms with E-state index >= 15 is 0 Å². The number of piperazine rings is 1. The summed E-state index contributed by atoms with van der Waals surface area (Å²) in [7, 11) is 4.19. The van der Waals surface area contributed by atoms with E-state index in [2.05, 4.69) is 41.4 Å². The van der Waals surface area contributed by atoms with Crippen LogP contribution in [0.3, 0.4) is 0 Å². The monoisotopic (exact) mass is 649 g/mol. The Morgan fingerprint density at radius 3 is 2.76 bits per heavy atom. The number of benzene rings is 2. The SMILES string of the molecule is C=C(F)C(=O)N1CCN(c2nc(OC[C@H]3CCC[C@@H]3N(C)C)nc3c2CCN(c2cccc4ccc(F)c(Cl)c24)C3)C[C@@H]1CC#N. The van der Waals surface area contributed by atoms with Crippen LogP contribution in [0.2, 0.25) is 5.02 Å². The van der Waals surface area contributed by atoms with Crippen molar-refractivity contribution >= 4 is 39.8 Å². The van der Waals surface area contributed by atoms with E-state index < -0.39 is 23.6 Å². The summed E-state index contributed by atoms with van der Waals surface area (Å²) in [6.07, 6.45) is 3.98. The molecule has 1 aromatic heterocycles. The Bertz CT molecular complexity index is 1700. The van der Waals surface area contributed by atoms with Gasteiger partial charge >= 0.3 is 6.01 Å². The first-order chi connectivity index (χ1) is 22.2. The highest BCUT2D eigenvalue weighted by molar-refractivity contribution is 6.36. The van der Waals surface area contributed by atoms with Gasteiger partial charge in [0.2, 0.25) is 0 Å². The molecule has 1 amide bonds. The number of ether oxygens (including phenoxy) is 1. The lowest BCUT2D eigenvalue weighted by Gasteiger charge is -2.42. The number of halogens is 3. The van der Waals surface area contributed by atoms with Gasteiger partial charge in [-0.05, 0) is 50.9 Å². The summed E-state index contributed by atoms with van der Waals surface area (Å²) in [5.41, 5.74) is 2.57. The Morgan fingerprint density at radius 1 is 1.17 bits per heavy atom. The van der Waals surface area contributed by atoms with Gasteiger partial charge < -0.3 is 24.3 Å². The second kappa shape index (κ2) is 13.4. The van der Waals surface area contributed by atoms with Crippen LogP contribution in [0.1, 0.15) is 36.9 Å². The van der Waals surface area contributed by atoms with Crippen molar-refractivity contribution < 1.29 is 18.3 Å². The number of fused-ring (bicyclic) bond motifs is 2. The van der Waals surface area contributed by atoms with Gasteiger partial charge in [-0.3, -0.25) is 4.79 Å². The van der Waals surface area contributed by atoms with Gasteiger partial charge in [-0.15, -0.1) is 0 Å². The van der Waals surface area contributed by atoms with Gasteiger partial charge in [-0.1, -0.05) is 42.8 Å². The average Bonchev–Trinajstić information content (AvgIpc) is 3.53. The lowest BCUT2D eigenvalue weighted by molar-refractivity contribution is -0.131. The van der Waals surface area contributed by atoms with Crippen molar-refractivity contribution in [3.63, 3.8) is 0 Å². The predicted molar refractivity (Wildman–Crippen MR) is 174 cm³/mol. The van der Waals surface area contributed by atoms with Crippen molar-refractivity contribution in [2.45, 2.75) is 50.7 Å². The van der Waals surface area contributed by atoms with Crippen LogP contribution in [0.5, 0.6) is 6.01 Å². The third kappa shape index (κ3) is 6.20. The van der Waals surface area contributed by atoms with Crippen LogP contribution < -0.4 is 14.5 Å². The Labute approximate surface area is 273 Å². The highest BCUT2D eigenvalue weighted by atomic mass is 35.5. The molecule has 1 saturated carbocycles. The topological polar surface area (TPSA) is 88.8 Å². The largest absolute Gasteiger partial charge is 0.463 e. The summed E-state index contributed by atoms with van der Waals surface area (Å²) in [6.45, 7) is 5.64. The molecule has 9 nitrogen and oxygen atoms in total. The van der Waals surface area contributed by atoms with E-state index in [1.807, 2.05) is 18.2 Å². The third-order valence-electron chi connectivity index (χ3n) is 9.59. The Hall–Kier alpha value is -4.01. The number of aromatic nitrogens is 2. The molecule has 12 heteroatoms. The number of hydrogen-bond acceptors (Lipinski definition) is 8. The summed E-state index contributed by atoms with van der Waals surface area (Å²) in [6, 6.07) is 11.2. The van der Waals surface area contributed by atoms with E-state index in [4.69, 9.17) is 26.3 Å². The fraction of sp³-hybridized carbons (Fsp3) is 0.471. The van der Waals surface area contributed by atoms with Crippen LogP contribution in [-0.2, 0) is 17.8 Å². The Balaban J connectivity index is 1.35. The molecule has 6 rings (SSSR count). The van der Waals surface area contributed by atoms with Crippen molar-refractivity contribution in [3.8, 4) is 12.1 Å². The molecule has 46 heavy (non-hydrogen) atoms. The molecule has 0 radical (unpaired) electrons. The quantitative estimate of drug-likeness (QED) is 0.296. The molecule has 0 bridgehead atoms. The molecule has 1 aliphatic carbocycles. The highest BCUT2D eigenvalue weighted by Gasteiger charge is 2.35. The fourth-order valence-electron chi connectivity index (χ4n) is 7.30. The van der Waals surface area contributed by atoms with E-state index in [0.717, 1.165) is 41.6 Å². The summed E-state index contributed by atoms with van der Waals surface area (Å²) in [5.74, 6) is -1.25. The number of carbonyl (C=O) groups excluding carboxylic acids is 1. The molecule has 2 fully saturated rings. The van der Waals surface area contributed by atoms with Gasteiger partial charge in [0.25, 0.3) is 5.91 Å². The first-order valence-electron chi connectivity index (χ1n) is 15.7. The minimum atomic E-state index is -1.04. The van der Waals surface area contributed by atoms with Crippen molar-refractivity contribution in [1.29, 1.82) is 5.26 Å². The molecule has 0 spiro atoms. The minimum absolute atomic E-state index is 0.0476. The molecule has 3 atom stereocenters. The molecule has 0 unspecified atom stereocenters. The van der Waals surface area contributed by atoms with Crippen molar-refractivity contribution in [2.75, 3.05) is 56.7 Å². The van der Waals surface area contributed by atoms with Crippen LogP contribution in [0.15, 0.2) is 42.7 Å². The summed E-state index contributed by atoms with van der Waals surface area (Å²) >= 11 is 6.50. The van der Waals surface area contributed by atoms with E-state index in [9.17, 15) is 18.8 Å². The van der Waals surface area contributed by atoms with E-state index in [1.54, 1.807) is 6.07 Å². The predicted octanol–water partition coefficient (Wildman–Crippen LogP) is 5.51. The van der Waals surface area contributed by atoms with Gasteiger partial charge in [0.1, 0.15) is 11.6 Å². The maximum absolute atomic E-state index is 14.6. The van der Waals surface area contributed by atoms with Crippen LogP contribution in [0.4, 0.5) is 20.3 Å². The fourth-order valence-corrected chi connectivity index (χ4v) is 7.57. The maximum atomic E-state index is 14.6. The van der Waals surface area contributed by atoms with Crippen molar-refractivity contribution in [2.24, 2.45) is 5.92 Å². The number of rotatable bonds is 8. The zero-order chi connectivity index (χ0) is 32.5. The summed E-state index contributed by atoms with van der Waals surface area (Å²) in [4.78, 5) is 30.2. The molecular formula is C34H38ClF2N7O2. The van der Waals surface area contributed by atoms with Crippen LogP contribution in [0, 0.1) is 23.1 Å². The van der Waals surface area contributed by atoms with E-state index in [-0.39, 0.29) is 24.0 Å². The van der Waals surface area contributed by atoms with Gasteiger partial charge in [0.15, 0.2) is 5.83 Å². The van der Waals surface area contributed by atoms with Gasteiger partial charge in [0.05, 0.1) is 42.4 Å². The lowest BCUT2D eigenvalue weighted by Crippen LogP contribution is -2.55. The zero-order valence-electron chi connectivity index (χ0n) is 26.2. The van der Waals surface area contributed by atoms with Crippen LogP contribution in [0.25, 0.3) is 10.8 Å². The van der Waals surface area contributed by atoms with E-state index in [1.165, 1.54) is 11.0 Å². The molecule has 242 valence electrons. The maximum Gasteiger partial charge on any atom is 0.318 e. The second-order valence-electron chi connectivity index (χ2n) is 12.6. The molecule has 2 aromatic carbocycles. The first kappa shape index (κ1) is 32.0. The summed E-state index contributed by atoms with van der Waals surface area (Å²) in [5, 5.41) is 11.1. The normalized spacial score (nSPS) is 21.4. The number of nitrogens with zero attached hydrogens (tertiary/aromatic N) is 7. The lowest BCUT2D eigenvalue weighted by atomic mass is 10.0. The molecule has 1 saturated heterocycles. The molecule has 3 aromatic rings. The van der Waals surface area contributed by atoms with Crippen molar-refractivity contribution in [1.82, 2.24) is 19.8 Å². The van der Waals surface area contributed by atoms with Crippen LogP contribution >= 0.6 is 11.6 Å². The average molecular weight is 650 g/mol. The first-order valence-corrected chi connectivity index (χ1v) is 16.1. The van der Waals surface area contributed by atoms with E-state index in [0.29, 0.717) is 62.4 Å². The Kier molecular flexibility index (Phi) is 9.29. The third-order valence-corrected chi connectivity index (χ3v) is 9.96. The number of hydrogen-bond donors (Lipinski definition) is 0. The second-order valence-corrected chi connectivity index (χ2v) is 12.9. The molecule has 3 aliphatic rings. The molecular weight excluding hydrogens is 612 g/mol. The smallest absolute Gasteiger partial charge is 0.318 e. The zero-order valence-corrected chi connectivity index (χ0v) is 26.9. The number of nitriles is 1. The molecule has 0 N–H and O–H groups in total. The van der Waals surface area contributed by atoms with Gasteiger partial charge in [-0.25, -0.2) is 8.78 Å². The van der Waals surface area contributed by atoms with Crippen molar-refractivity contribution in [3.05, 3.63) is 64.8 Å². The Morgan fingerprint density at radius 2 is 2.00 bits per heavy atom. The summed E-state index contributed by atoms with van der Waals surface area (Å²) < 4.78 is 34.8. The van der Waals surface area contributed by atoms with Crippen LogP contribution in [-0.4, -0.2) is 84.6 Å². The van der Waals surface area contributed by atoms with Gasteiger partial charge in [0, 0.05) is 54.8 Å². The van der Waals surface area contributed by atoms with Gasteiger partial charge in [-0.2, -0.15) is 15.2 Å². The standard InChI is InChI=1S/C34H38ClF2N7O2/c1-21(36)33(45)44-17-16-43(18-24(44)12-14-38)32-25-13-15-42(29-9-4-6-22-10-11-26(37)31(35)30(22)29)19-27(25)39-34(40-32)46-20-23-7-5-8-28(23)41(2)3/h4,6,9-11,23-24,28H,1,5,7-8,12-13,15-20H2,2-3H3/t23-,24+,28+/m1/s1. The number of amides is 1. The minimum Gasteiger partial charge on any atom is -0.463 e.